The predicted molar refractivity (Wildman–Crippen MR) is 61.2 cm³/mol. The van der Waals surface area contributed by atoms with Crippen molar-refractivity contribution in [1.29, 1.82) is 0 Å². The highest BCUT2D eigenvalue weighted by Gasteiger charge is 2.05. The first-order chi connectivity index (χ1) is 7.81. The quantitative estimate of drug-likeness (QED) is 0.803. The lowest BCUT2D eigenvalue weighted by Gasteiger charge is -2.04. The Labute approximate surface area is 92.9 Å². The summed E-state index contributed by atoms with van der Waals surface area (Å²) in [5.74, 6) is -0.181. The van der Waals surface area contributed by atoms with Crippen LogP contribution < -0.4 is 5.32 Å². The van der Waals surface area contributed by atoms with E-state index in [0.717, 1.165) is 10.9 Å². The van der Waals surface area contributed by atoms with E-state index in [9.17, 15) is 4.79 Å². The minimum Gasteiger partial charge on any atom is -0.395 e. The summed E-state index contributed by atoms with van der Waals surface area (Å²) in [6.45, 7) is 0.213. The zero-order valence-electron chi connectivity index (χ0n) is 8.68. The van der Waals surface area contributed by atoms with Crippen molar-refractivity contribution < 1.29 is 9.90 Å². The van der Waals surface area contributed by atoms with Gasteiger partial charge in [0.15, 0.2) is 0 Å². The molecule has 0 unspecified atom stereocenters. The lowest BCUT2D eigenvalue weighted by molar-refractivity contribution is 0.0945. The van der Waals surface area contributed by atoms with Gasteiger partial charge in [0.05, 0.1) is 12.1 Å². The first-order valence-corrected chi connectivity index (χ1v) is 5.05. The van der Waals surface area contributed by atoms with E-state index in [1.807, 2.05) is 18.2 Å². The molecule has 0 aliphatic carbocycles. The fourth-order valence-corrected chi connectivity index (χ4v) is 1.49. The fourth-order valence-electron chi connectivity index (χ4n) is 1.49. The number of pyridine rings is 1. The molecule has 0 spiro atoms. The van der Waals surface area contributed by atoms with Gasteiger partial charge in [-0.2, -0.15) is 0 Å². The van der Waals surface area contributed by atoms with Gasteiger partial charge in [0.1, 0.15) is 0 Å². The standard InChI is InChI=1S/C12H12N2O2/c15-7-6-14-12(16)10-3-4-11-9(8-10)2-1-5-13-11/h1-5,8,15H,6-7H2,(H,14,16). The maximum absolute atomic E-state index is 11.6. The number of aromatic nitrogens is 1. The summed E-state index contributed by atoms with van der Waals surface area (Å²) in [5, 5.41) is 12.1. The van der Waals surface area contributed by atoms with Crippen molar-refractivity contribution in [2.45, 2.75) is 0 Å². The normalized spacial score (nSPS) is 10.3. The Morgan fingerprint density at radius 1 is 1.38 bits per heavy atom. The highest BCUT2D eigenvalue weighted by molar-refractivity contribution is 5.97. The number of aliphatic hydroxyl groups is 1. The second kappa shape index (κ2) is 4.72. The third-order valence-corrected chi connectivity index (χ3v) is 2.26. The molecule has 4 nitrogen and oxygen atoms in total. The zero-order valence-corrected chi connectivity index (χ0v) is 8.68. The van der Waals surface area contributed by atoms with Gasteiger partial charge >= 0.3 is 0 Å². The molecule has 0 atom stereocenters. The Kier molecular flexibility index (Phi) is 3.12. The summed E-state index contributed by atoms with van der Waals surface area (Å²) < 4.78 is 0. The Morgan fingerprint density at radius 2 is 2.25 bits per heavy atom. The molecule has 2 N–H and O–H groups in total. The molecule has 0 aliphatic rings. The molecule has 0 radical (unpaired) electrons. The molecule has 0 aliphatic heterocycles. The molecule has 0 saturated heterocycles. The lowest BCUT2D eigenvalue weighted by atomic mass is 10.1. The Balaban J connectivity index is 2.28. The average molecular weight is 216 g/mol. The van der Waals surface area contributed by atoms with Gasteiger partial charge in [-0.3, -0.25) is 9.78 Å². The molecule has 1 heterocycles. The third-order valence-electron chi connectivity index (χ3n) is 2.26. The number of carbonyl (C=O) groups is 1. The smallest absolute Gasteiger partial charge is 0.251 e. The van der Waals surface area contributed by atoms with E-state index in [1.165, 1.54) is 0 Å². The van der Waals surface area contributed by atoms with E-state index in [2.05, 4.69) is 10.3 Å². The minimum absolute atomic E-state index is 0.0547. The van der Waals surface area contributed by atoms with Crippen LogP contribution in [-0.4, -0.2) is 29.1 Å². The van der Waals surface area contributed by atoms with E-state index < -0.39 is 0 Å². The van der Waals surface area contributed by atoms with Crippen LogP contribution in [0.3, 0.4) is 0 Å². The topological polar surface area (TPSA) is 62.2 Å². The molecule has 16 heavy (non-hydrogen) atoms. The highest BCUT2D eigenvalue weighted by atomic mass is 16.3. The van der Waals surface area contributed by atoms with Crippen molar-refractivity contribution in [3.63, 3.8) is 0 Å². The predicted octanol–water partition coefficient (Wildman–Crippen LogP) is 0.957. The molecule has 0 bridgehead atoms. The summed E-state index contributed by atoms with van der Waals surface area (Å²) in [5.41, 5.74) is 1.44. The summed E-state index contributed by atoms with van der Waals surface area (Å²) in [6, 6.07) is 9.06. The maximum Gasteiger partial charge on any atom is 0.251 e. The number of hydrogen-bond donors (Lipinski definition) is 2. The van der Waals surface area contributed by atoms with Crippen LogP contribution in [0.25, 0.3) is 10.9 Å². The summed E-state index contributed by atoms with van der Waals surface area (Å²) in [7, 11) is 0. The number of amides is 1. The van der Waals surface area contributed by atoms with Gasteiger partial charge in [-0.1, -0.05) is 6.07 Å². The zero-order chi connectivity index (χ0) is 11.4. The van der Waals surface area contributed by atoms with Gasteiger partial charge in [-0.15, -0.1) is 0 Å². The van der Waals surface area contributed by atoms with Crippen LogP contribution in [0.2, 0.25) is 0 Å². The number of hydrogen-bond acceptors (Lipinski definition) is 3. The van der Waals surface area contributed by atoms with Gasteiger partial charge in [0, 0.05) is 23.7 Å². The van der Waals surface area contributed by atoms with Crippen molar-refractivity contribution in [3.05, 3.63) is 42.1 Å². The second-order valence-corrected chi connectivity index (χ2v) is 3.39. The van der Waals surface area contributed by atoms with Crippen molar-refractivity contribution >= 4 is 16.8 Å². The molecule has 1 aromatic heterocycles. The minimum atomic E-state index is -0.181. The van der Waals surface area contributed by atoms with Crippen molar-refractivity contribution in [2.75, 3.05) is 13.2 Å². The van der Waals surface area contributed by atoms with Crippen molar-refractivity contribution in [3.8, 4) is 0 Å². The Hall–Kier alpha value is -1.94. The van der Waals surface area contributed by atoms with Crippen LogP contribution in [0.15, 0.2) is 36.5 Å². The SMILES string of the molecule is O=C(NCCO)c1ccc2ncccc2c1. The maximum atomic E-state index is 11.6. The van der Waals surface area contributed by atoms with E-state index in [4.69, 9.17) is 5.11 Å². The average Bonchev–Trinajstić information content (AvgIpc) is 2.35. The van der Waals surface area contributed by atoms with Crippen LogP contribution in [0.4, 0.5) is 0 Å². The number of nitrogens with one attached hydrogen (secondary N) is 1. The number of benzene rings is 1. The van der Waals surface area contributed by atoms with Crippen LogP contribution in [0, 0.1) is 0 Å². The first-order valence-electron chi connectivity index (χ1n) is 5.05. The first kappa shape index (κ1) is 10.6. The monoisotopic (exact) mass is 216 g/mol. The molecule has 82 valence electrons. The highest BCUT2D eigenvalue weighted by Crippen LogP contribution is 2.12. The van der Waals surface area contributed by atoms with Crippen molar-refractivity contribution in [1.82, 2.24) is 10.3 Å². The van der Waals surface area contributed by atoms with Crippen LogP contribution in [0.5, 0.6) is 0 Å². The van der Waals surface area contributed by atoms with Crippen LogP contribution in [0.1, 0.15) is 10.4 Å². The van der Waals surface area contributed by atoms with Gasteiger partial charge in [-0.25, -0.2) is 0 Å². The number of aliphatic hydroxyl groups excluding tert-OH is 1. The van der Waals surface area contributed by atoms with E-state index in [0.29, 0.717) is 5.56 Å². The largest absolute Gasteiger partial charge is 0.395 e. The number of nitrogens with zero attached hydrogens (tertiary/aromatic N) is 1. The summed E-state index contributed by atoms with van der Waals surface area (Å²) in [6.07, 6.45) is 1.72. The number of fused-ring (bicyclic) bond motifs is 1. The lowest BCUT2D eigenvalue weighted by Crippen LogP contribution is -2.26. The van der Waals surface area contributed by atoms with Gasteiger partial charge in [0.25, 0.3) is 5.91 Å². The number of rotatable bonds is 3. The fraction of sp³-hybridized carbons (Fsp3) is 0.167. The molecule has 1 amide bonds. The Bertz CT molecular complexity index is 511. The summed E-state index contributed by atoms with van der Waals surface area (Å²) in [4.78, 5) is 15.8. The van der Waals surface area contributed by atoms with Gasteiger partial charge in [-0.05, 0) is 24.3 Å². The molecular weight excluding hydrogens is 204 g/mol. The second-order valence-electron chi connectivity index (χ2n) is 3.39. The van der Waals surface area contributed by atoms with E-state index >= 15 is 0 Å². The van der Waals surface area contributed by atoms with Crippen molar-refractivity contribution in [2.24, 2.45) is 0 Å². The molecule has 2 aromatic rings. The van der Waals surface area contributed by atoms with Gasteiger partial charge in [0.2, 0.25) is 0 Å². The molecular formula is C12H12N2O2. The van der Waals surface area contributed by atoms with E-state index in [-0.39, 0.29) is 19.1 Å². The van der Waals surface area contributed by atoms with Crippen LogP contribution in [-0.2, 0) is 0 Å². The molecule has 0 fully saturated rings. The van der Waals surface area contributed by atoms with E-state index in [1.54, 1.807) is 18.3 Å². The molecule has 0 saturated carbocycles. The molecule has 2 rings (SSSR count). The Morgan fingerprint density at radius 3 is 3.06 bits per heavy atom. The molecule has 1 aromatic carbocycles. The summed E-state index contributed by atoms with van der Waals surface area (Å²) >= 11 is 0. The third kappa shape index (κ3) is 2.17. The molecule has 4 heteroatoms. The van der Waals surface area contributed by atoms with Crippen LogP contribution >= 0.6 is 0 Å². The van der Waals surface area contributed by atoms with Gasteiger partial charge < -0.3 is 10.4 Å². The number of carbonyl (C=O) groups excluding carboxylic acids is 1.